The first-order valence-corrected chi connectivity index (χ1v) is 18.0. The molecule has 45 heavy (non-hydrogen) atoms. The first-order chi connectivity index (χ1) is 21.1. The highest BCUT2D eigenvalue weighted by atomic mass is 32.2. The molecule has 10 heteroatoms. The largest absolute Gasteiger partial charge is 0.339 e. The van der Waals surface area contributed by atoms with Crippen molar-refractivity contribution in [3.8, 4) is 11.1 Å². The Kier molecular flexibility index (Phi) is 6.83. The Morgan fingerprint density at radius 1 is 0.956 bits per heavy atom. The van der Waals surface area contributed by atoms with Gasteiger partial charge in [0.15, 0.2) is 5.82 Å². The van der Waals surface area contributed by atoms with E-state index in [1.807, 2.05) is 35.2 Å². The van der Waals surface area contributed by atoms with Crippen molar-refractivity contribution in [2.45, 2.75) is 101 Å². The number of rotatable bonds is 9. The van der Waals surface area contributed by atoms with Gasteiger partial charge in [-0.2, -0.15) is 4.98 Å². The standard InChI is InChI=1S/C35H43FN4O4S/c1-31(2,3)30-37-29(38-44-30)34-15-12-32(13-16-34,14-17-34)23-40(28(41)19-33-20-35(36,21-33)22-33)27-7-5-6-25(18-27)24-8-10-26(11-9-24)39-45(4,42)43/h5-11,18,39H,12-17,19-23H2,1-4H3. The van der Waals surface area contributed by atoms with E-state index in [2.05, 4.69) is 36.7 Å². The molecular weight excluding hydrogens is 591 g/mol. The Bertz CT molecular complexity index is 1700. The van der Waals surface area contributed by atoms with E-state index in [0.29, 0.717) is 43.8 Å². The normalized spacial score (nSPS) is 30.3. The van der Waals surface area contributed by atoms with Crippen molar-refractivity contribution in [3.63, 3.8) is 0 Å². The van der Waals surface area contributed by atoms with Crippen molar-refractivity contribution < 1.29 is 22.1 Å². The summed E-state index contributed by atoms with van der Waals surface area (Å²) in [6, 6.07) is 15.3. The van der Waals surface area contributed by atoms with Gasteiger partial charge in [-0.15, -0.1) is 0 Å². The fourth-order valence-electron chi connectivity index (χ4n) is 8.50. The Morgan fingerprint density at radius 2 is 1.60 bits per heavy atom. The average Bonchev–Trinajstić information content (AvgIpc) is 3.48. The number of anilines is 2. The molecule has 9 rings (SSSR count). The van der Waals surface area contributed by atoms with Crippen LogP contribution in [-0.2, 0) is 25.6 Å². The van der Waals surface area contributed by atoms with Crippen LogP contribution in [0.3, 0.4) is 0 Å². The van der Waals surface area contributed by atoms with E-state index in [-0.39, 0.29) is 27.6 Å². The lowest BCUT2D eigenvalue weighted by Gasteiger charge is -2.66. The number of carbonyl (C=O) groups excluding carboxylic acids is 1. The van der Waals surface area contributed by atoms with Crippen LogP contribution in [0, 0.1) is 10.8 Å². The van der Waals surface area contributed by atoms with Crippen molar-refractivity contribution >= 4 is 27.3 Å². The zero-order valence-corrected chi connectivity index (χ0v) is 27.5. The minimum Gasteiger partial charge on any atom is -0.339 e. The second-order valence-electron chi connectivity index (χ2n) is 15.8. The molecule has 6 saturated carbocycles. The summed E-state index contributed by atoms with van der Waals surface area (Å²) in [6.07, 6.45) is 8.90. The summed E-state index contributed by atoms with van der Waals surface area (Å²) in [5.74, 6) is 1.59. The van der Waals surface area contributed by atoms with Crippen LogP contribution in [-0.4, -0.2) is 42.9 Å². The van der Waals surface area contributed by atoms with Crippen LogP contribution in [0.25, 0.3) is 11.1 Å². The van der Waals surface area contributed by atoms with Gasteiger partial charge in [0.2, 0.25) is 21.8 Å². The number of benzene rings is 2. The molecule has 8 nitrogen and oxygen atoms in total. The molecule has 0 saturated heterocycles. The smallest absolute Gasteiger partial charge is 0.232 e. The molecule has 6 aliphatic rings. The van der Waals surface area contributed by atoms with Crippen LogP contribution >= 0.6 is 0 Å². The van der Waals surface area contributed by atoms with Gasteiger partial charge in [0.05, 0.1) is 6.26 Å². The van der Waals surface area contributed by atoms with Crippen LogP contribution in [0.2, 0.25) is 0 Å². The number of hydrogen-bond donors (Lipinski definition) is 1. The van der Waals surface area contributed by atoms with Gasteiger partial charge in [-0.05, 0) is 104 Å². The topological polar surface area (TPSA) is 105 Å². The molecule has 0 atom stereocenters. The van der Waals surface area contributed by atoms with Crippen molar-refractivity contribution in [2.75, 3.05) is 22.4 Å². The second kappa shape index (κ2) is 10.1. The molecule has 3 aromatic rings. The maximum absolute atomic E-state index is 14.4. The predicted octanol–water partition coefficient (Wildman–Crippen LogP) is 7.31. The summed E-state index contributed by atoms with van der Waals surface area (Å²) in [4.78, 5) is 21.0. The highest BCUT2D eigenvalue weighted by Gasteiger charge is 2.69. The van der Waals surface area contributed by atoms with Crippen LogP contribution in [0.5, 0.6) is 0 Å². The minimum atomic E-state index is -3.37. The molecular formula is C35H43FN4O4S. The number of amides is 1. The number of aromatic nitrogens is 2. The zero-order chi connectivity index (χ0) is 31.9. The van der Waals surface area contributed by atoms with Gasteiger partial charge in [-0.3, -0.25) is 9.52 Å². The van der Waals surface area contributed by atoms with Crippen molar-refractivity contribution in [2.24, 2.45) is 10.8 Å². The van der Waals surface area contributed by atoms with E-state index in [1.165, 1.54) is 0 Å². The summed E-state index contributed by atoms with van der Waals surface area (Å²) in [5, 5.41) is 4.45. The molecule has 1 amide bonds. The molecule has 1 heterocycles. The minimum absolute atomic E-state index is 0.00368. The van der Waals surface area contributed by atoms with E-state index in [4.69, 9.17) is 9.51 Å². The Hall–Kier alpha value is -3.27. The van der Waals surface area contributed by atoms with Gasteiger partial charge in [0, 0.05) is 35.2 Å². The molecule has 2 aromatic carbocycles. The van der Waals surface area contributed by atoms with E-state index in [9.17, 15) is 17.6 Å². The number of hydrogen-bond acceptors (Lipinski definition) is 6. The highest BCUT2D eigenvalue weighted by Crippen LogP contribution is 2.71. The molecule has 0 radical (unpaired) electrons. The first kappa shape index (κ1) is 30.4. The van der Waals surface area contributed by atoms with Crippen LogP contribution in [0.15, 0.2) is 53.1 Å². The van der Waals surface area contributed by atoms with Gasteiger partial charge < -0.3 is 9.42 Å². The fraction of sp³-hybridized carbons (Fsp3) is 0.571. The SMILES string of the molecule is CC(C)(C)c1nc(C23CCC(CN(C(=O)CC45CC(F)(C4)C5)c4cccc(-c5ccc(NS(C)(=O)=O)cc5)c4)(CC2)CC3)no1. The molecule has 4 bridgehead atoms. The van der Waals surface area contributed by atoms with E-state index >= 15 is 0 Å². The third kappa shape index (κ3) is 5.68. The Balaban J connectivity index is 1.13. The van der Waals surface area contributed by atoms with Crippen molar-refractivity contribution in [1.29, 1.82) is 0 Å². The number of nitrogens with zero attached hydrogens (tertiary/aromatic N) is 3. The van der Waals surface area contributed by atoms with Crippen molar-refractivity contribution in [3.05, 3.63) is 60.2 Å². The number of carbonyl (C=O) groups is 1. The number of sulfonamides is 1. The van der Waals surface area contributed by atoms with Crippen LogP contribution in [0.1, 0.15) is 96.7 Å². The molecule has 6 fully saturated rings. The van der Waals surface area contributed by atoms with Gasteiger partial charge >= 0.3 is 0 Å². The molecule has 240 valence electrons. The predicted molar refractivity (Wildman–Crippen MR) is 172 cm³/mol. The highest BCUT2D eigenvalue weighted by molar-refractivity contribution is 7.92. The zero-order valence-electron chi connectivity index (χ0n) is 26.7. The van der Waals surface area contributed by atoms with Crippen LogP contribution in [0.4, 0.5) is 15.8 Å². The summed E-state index contributed by atoms with van der Waals surface area (Å²) >= 11 is 0. The molecule has 0 unspecified atom stereocenters. The maximum Gasteiger partial charge on any atom is 0.232 e. The first-order valence-electron chi connectivity index (χ1n) is 16.1. The van der Waals surface area contributed by atoms with Crippen molar-refractivity contribution in [1.82, 2.24) is 10.1 Å². The summed E-state index contributed by atoms with van der Waals surface area (Å²) in [6.45, 7) is 6.89. The lowest BCUT2D eigenvalue weighted by atomic mass is 9.41. The molecule has 1 aromatic heterocycles. The molecule has 1 N–H and O–H groups in total. The van der Waals surface area contributed by atoms with Crippen LogP contribution < -0.4 is 9.62 Å². The fourth-order valence-corrected chi connectivity index (χ4v) is 9.07. The lowest BCUT2D eigenvalue weighted by molar-refractivity contribution is -0.215. The average molecular weight is 635 g/mol. The number of fused-ring (bicyclic) bond motifs is 3. The monoisotopic (exact) mass is 634 g/mol. The molecule has 0 spiro atoms. The summed E-state index contributed by atoms with van der Waals surface area (Å²) < 4.78 is 45.9. The van der Waals surface area contributed by atoms with E-state index in [0.717, 1.165) is 67.4 Å². The van der Waals surface area contributed by atoms with Gasteiger partial charge in [0.25, 0.3) is 0 Å². The lowest BCUT2D eigenvalue weighted by Crippen LogP contribution is -2.65. The maximum atomic E-state index is 14.4. The second-order valence-corrected chi connectivity index (χ2v) is 17.5. The summed E-state index contributed by atoms with van der Waals surface area (Å²) in [7, 11) is -3.37. The van der Waals surface area contributed by atoms with Gasteiger partial charge in [-0.25, -0.2) is 12.8 Å². The number of nitrogens with one attached hydrogen (secondary N) is 1. The Morgan fingerprint density at radius 3 is 2.16 bits per heavy atom. The summed E-state index contributed by atoms with van der Waals surface area (Å²) in [5.41, 5.74) is 1.74. The van der Waals surface area contributed by atoms with E-state index in [1.54, 1.807) is 12.1 Å². The number of alkyl halides is 1. The third-order valence-corrected chi connectivity index (χ3v) is 11.6. The van der Waals surface area contributed by atoms with E-state index < -0.39 is 15.7 Å². The third-order valence-electron chi connectivity index (χ3n) is 11.0. The van der Waals surface area contributed by atoms with Gasteiger partial charge in [0.1, 0.15) is 5.67 Å². The Labute approximate surface area is 265 Å². The quantitative estimate of drug-likeness (QED) is 0.265. The van der Waals surface area contributed by atoms with Gasteiger partial charge in [-0.1, -0.05) is 50.2 Å². The molecule has 0 aliphatic heterocycles. The number of halogens is 1. The molecule has 6 aliphatic carbocycles.